The van der Waals surface area contributed by atoms with Crippen molar-refractivity contribution in [1.29, 1.82) is 0 Å². The standard InChI is InChI=1S/C24H24N6OS/c1-26-24-27-12-11-20(30-24)23-28-15-21(32-23)22(31)29-19(14-25)13-16-7-9-18(10-8-16)17-5-3-2-4-6-17/h2-12,15,19H,13-14,25H2,1H3,(H,29,31)(H,26,27,30)/t19-/m0/s1. The highest BCUT2D eigenvalue weighted by Crippen LogP contribution is 2.24. The summed E-state index contributed by atoms with van der Waals surface area (Å²) >= 11 is 1.29. The van der Waals surface area contributed by atoms with E-state index in [4.69, 9.17) is 5.73 Å². The Morgan fingerprint density at radius 2 is 1.78 bits per heavy atom. The molecule has 0 fully saturated rings. The van der Waals surface area contributed by atoms with E-state index in [-0.39, 0.29) is 11.9 Å². The molecule has 162 valence electrons. The van der Waals surface area contributed by atoms with Crippen LogP contribution in [0.1, 0.15) is 15.2 Å². The molecule has 0 unspecified atom stereocenters. The monoisotopic (exact) mass is 444 g/mol. The van der Waals surface area contributed by atoms with E-state index in [0.717, 1.165) is 11.1 Å². The molecular weight excluding hydrogens is 420 g/mol. The Morgan fingerprint density at radius 3 is 2.50 bits per heavy atom. The number of nitrogens with one attached hydrogen (secondary N) is 2. The van der Waals surface area contributed by atoms with Crippen LogP contribution in [0, 0.1) is 0 Å². The highest BCUT2D eigenvalue weighted by molar-refractivity contribution is 7.16. The van der Waals surface area contributed by atoms with Crippen LogP contribution in [0.4, 0.5) is 5.95 Å². The zero-order chi connectivity index (χ0) is 22.3. The lowest BCUT2D eigenvalue weighted by atomic mass is 10.0. The van der Waals surface area contributed by atoms with Crippen molar-refractivity contribution in [1.82, 2.24) is 20.3 Å². The van der Waals surface area contributed by atoms with E-state index < -0.39 is 0 Å². The fraction of sp³-hybridized carbons (Fsp3) is 0.167. The van der Waals surface area contributed by atoms with E-state index in [2.05, 4.69) is 62.0 Å². The number of amides is 1. The number of carbonyl (C=O) groups is 1. The zero-order valence-electron chi connectivity index (χ0n) is 17.7. The van der Waals surface area contributed by atoms with Gasteiger partial charge in [0.2, 0.25) is 5.95 Å². The largest absolute Gasteiger partial charge is 0.357 e. The predicted octanol–water partition coefficient (Wildman–Crippen LogP) is 3.61. The first-order valence-electron chi connectivity index (χ1n) is 10.3. The van der Waals surface area contributed by atoms with Crippen molar-refractivity contribution in [2.75, 3.05) is 18.9 Å². The van der Waals surface area contributed by atoms with E-state index >= 15 is 0 Å². The average molecular weight is 445 g/mol. The average Bonchev–Trinajstić information content (AvgIpc) is 3.35. The first-order valence-corrected chi connectivity index (χ1v) is 11.1. The first kappa shape index (κ1) is 21.6. The topological polar surface area (TPSA) is 106 Å². The van der Waals surface area contributed by atoms with Gasteiger partial charge in [-0.3, -0.25) is 4.79 Å². The fourth-order valence-corrected chi connectivity index (χ4v) is 4.08. The molecule has 4 rings (SSSR count). The third kappa shape index (κ3) is 5.16. The summed E-state index contributed by atoms with van der Waals surface area (Å²) in [6.45, 7) is 0.343. The molecule has 0 bridgehead atoms. The fourth-order valence-electron chi connectivity index (χ4n) is 3.29. The summed E-state index contributed by atoms with van der Waals surface area (Å²) in [5, 5.41) is 6.59. The van der Waals surface area contributed by atoms with Crippen molar-refractivity contribution in [2.45, 2.75) is 12.5 Å². The van der Waals surface area contributed by atoms with E-state index in [1.165, 1.54) is 16.9 Å². The molecule has 7 nitrogen and oxygen atoms in total. The van der Waals surface area contributed by atoms with Gasteiger partial charge in [0.25, 0.3) is 5.91 Å². The number of carbonyl (C=O) groups excluding carboxylic acids is 1. The lowest BCUT2D eigenvalue weighted by Gasteiger charge is -2.16. The Balaban J connectivity index is 1.40. The molecule has 2 aromatic carbocycles. The molecule has 0 aliphatic rings. The summed E-state index contributed by atoms with van der Waals surface area (Å²) in [4.78, 5) is 26.1. The maximum atomic E-state index is 12.8. The van der Waals surface area contributed by atoms with Crippen LogP contribution in [-0.4, -0.2) is 40.5 Å². The number of aromatic nitrogens is 3. The van der Waals surface area contributed by atoms with E-state index in [0.29, 0.717) is 34.5 Å². The van der Waals surface area contributed by atoms with Crippen molar-refractivity contribution in [3.05, 3.63) is 83.5 Å². The first-order chi connectivity index (χ1) is 15.7. The van der Waals surface area contributed by atoms with Crippen LogP contribution in [0.2, 0.25) is 0 Å². The lowest BCUT2D eigenvalue weighted by Crippen LogP contribution is -2.41. The van der Waals surface area contributed by atoms with E-state index in [1.54, 1.807) is 25.5 Å². The number of anilines is 1. The second-order valence-corrected chi connectivity index (χ2v) is 8.25. The normalized spacial score (nSPS) is 11.7. The number of hydrogen-bond donors (Lipinski definition) is 3. The number of rotatable bonds is 8. The summed E-state index contributed by atoms with van der Waals surface area (Å²) in [6, 6.07) is 20.2. The summed E-state index contributed by atoms with van der Waals surface area (Å²) in [7, 11) is 1.75. The van der Waals surface area contributed by atoms with Crippen molar-refractivity contribution in [2.24, 2.45) is 5.73 Å². The van der Waals surface area contributed by atoms with Gasteiger partial charge in [0, 0.05) is 25.8 Å². The molecule has 1 amide bonds. The molecule has 0 saturated heterocycles. The van der Waals surface area contributed by atoms with Gasteiger partial charge < -0.3 is 16.4 Å². The maximum Gasteiger partial charge on any atom is 0.263 e. The van der Waals surface area contributed by atoms with E-state index in [1.807, 2.05) is 18.2 Å². The van der Waals surface area contributed by atoms with Crippen molar-refractivity contribution < 1.29 is 4.79 Å². The minimum atomic E-state index is -0.187. The molecular formula is C24H24N6OS. The minimum absolute atomic E-state index is 0.175. The number of nitrogens with zero attached hydrogens (tertiary/aromatic N) is 3. The van der Waals surface area contributed by atoms with Crippen molar-refractivity contribution in [3.8, 4) is 21.8 Å². The van der Waals surface area contributed by atoms with Gasteiger partial charge in [-0.1, -0.05) is 54.6 Å². The Hall–Kier alpha value is -3.62. The number of nitrogens with two attached hydrogens (primary N) is 1. The summed E-state index contributed by atoms with van der Waals surface area (Å²) < 4.78 is 0. The lowest BCUT2D eigenvalue weighted by molar-refractivity contribution is 0.0942. The Bertz CT molecular complexity index is 1180. The van der Waals surface area contributed by atoms with Gasteiger partial charge in [-0.05, 0) is 29.2 Å². The molecule has 32 heavy (non-hydrogen) atoms. The minimum Gasteiger partial charge on any atom is -0.357 e. The molecule has 2 aromatic heterocycles. The van der Waals surface area contributed by atoms with Gasteiger partial charge in [-0.25, -0.2) is 15.0 Å². The second kappa shape index (κ2) is 10.1. The highest BCUT2D eigenvalue weighted by atomic mass is 32.1. The molecule has 0 radical (unpaired) electrons. The summed E-state index contributed by atoms with van der Waals surface area (Å²) in [5.74, 6) is 0.318. The van der Waals surface area contributed by atoms with Crippen LogP contribution in [0.3, 0.4) is 0 Å². The third-order valence-electron chi connectivity index (χ3n) is 4.99. The number of benzene rings is 2. The molecule has 0 aliphatic heterocycles. The van der Waals surface area contributed by atoms with Crippen LogP contribution >= 0.6 is 11.3 Å². The second-order valence-electron chi connectivity index (χ2n) is 7.22. The van der Waals surface area contributed by atoms with Gasteiger partial charge in [0.15, 0.2) is 0 Å². The Labute approximate surface area is 190 Å². The molecule has 4 aromatic rings. The van der Waals surface area contributed by atoms with Gasteiger partial charge in [0.05, 0.1) is 6.20 Å². The molecule has 0 aliphatic carbocycles. The van der Waals surface area contributed by atoms with Crippen LogP contribution in [0.25, 0.3) is 21.8 Å². The van der Waals surface area contributed by atoms with Crippen molar-refractivity contribution in [3.63, 3.8) is 0 Å². The Kier molecular flexibility index (Phi) is 6.84. The van der Waals surface area contributed by atoms with Crippen LogP contribution in [0.5, 0.6) is 0 Å². The zero-order valence-corrected chi connectivity index (χ0v) is 18.5. The van der Waals surface area contributed by atoms with Gasteiger partial charge in [-0.2, -0.15) is 0 Å². The van der Waals surface area contributed by atoms with Gasteiger partial charge in [0.1, 0.15) is 15.6 Å². The summed E-state index contributed by atoms with van der Waals surface area (Å²) in [5.41, 5.74) is 10.1. The SMILES string of the molecule is CNc1nccc(-c2ncc(C(=O)N[C@H](CN)Cc3ccc(-c4ccccc4)cc3)s2)n1. The van der Waals surface area contributed by atoms with Gasteiger partial charge >= 0.3 is 0 Å². The van der Waals surface area contributed by atoms with Crippen LogP contribution < -0.4 is 16.4 Å². The smallest absolute Gasteiger partial charge is 0.263 e. The quantitative estimate of drug-likeness (QED) is 0.383. The summed E-state index contributed by atoms with van der Waals surface area (Å²) in [6.07, 6.45) is 3.88. The maximum absolute atomic E-state index is 12.8. The highest BCUT2D eigenvalue weighted by Gasteiger charge is 2.17. The predicted molar refractivity (Wildman–Crippen MR) is 129 cm³/mol. The molecule has 0 spiro atoms. The van der Waals surface area contributed by atoms with E-state index in [9.17, 15) is 4.79 Å². The molecule has 2 heterocycles. The molecule has 4 N–H and O–H groups in total. The van der Waals surface area contributed by atoms with Crippen LogP contribution in [-0.2, 0) is 6.42 Å². The molecule has 0 saturated carbocycles. The van der Waals surface area contributed by atoms with Crippen molar-refractivity contribution >= 4 is 23.2 Å². The Morgan fingerprint density at radius 1 is 1.03 bits per heavy atom. The van der Waals surface area contributed by atoms with Crippen LogP contribution in [0.15, 0.2) is 73.1 Å². The van der Waals surface area contributed by atoms with Gasteiger partial charge in [-0.15, -0.1) is 11.3 Å². The third-order valence-corrected chi connectivity index (χ3v) is 6.01. The molecule has 1 atom stereocenters. The number of hydrogen-bond acceptors (Lipinski definition) is 7. The molecule has 8 heteroatoms. The number of thiazole rings is 1.